The lowest BCUT2D eigenvalue weighted by Crippen LogP contribution is -2.34. The Morgan fingerprint density at radius 3 is 2.76 bits per heavy atom. The van der Waals surface area contributed by atoms with Crippen molar-refractivity contribution in [2.24, 2.45) is 10.9 Å². The number of aromatic nitrogens is 1. The first-order valence-electron chi connectivity index (χ1n) is 7.61. The van der Waals surface area contributed by atoms with Gasteiger partial charge in [0.15, 0.2) is 0 Å². The number of pyridine rings is 1. The molecule has 2 aliphatic rings. The molecule has 1 aliphatic carbocycles. The maximum atomic E-state index is 12.7. The predicted molar refractivity (Wildman–Crippen MR) is 78.6 cm³/mol. The Hall–Kier alpha value is -1.91. The van der Waals surface area contributed by atoms with E-state index < -0.39 is 0 Å². The lowest BCUT2D eigenvalue weighted by atomic mass is 10.1. The number of rotatable bonds is 3. The maximum absolute atomic E-state index is 12.7. The number of likely N-dealkylation sites (tertiary alicyclic amines) is 1. The standard InChI is InChI=1S/C16H21N3O2/c1-11(2)17-14-5-3-4-8-18(14)16(21)12-9-15(20)19(10-12)13-6-7-13/h3-5,8,11-13H,6-7,9-10H2,1-2H3/t12-/m1/s1. The summed E-state index contributed by atoms with van der Waals surface area (Å²) in [6.45, 7) is 4.52. The molecule has 1 saturated carbocycles. The molecule has 1 aliphatic heterocycles. The molecule has 3 rings (SSSR count). The Balaban J connectivity index is 1.85. The van der Waals surface area contributed by atoms with E-state index in [4.69, 9.17) is 0 Å². The quantitative estimate of drug-likeness (QED) is 0.845. The fourth-order valence-corrected chi connectivity index (χ4v) is 2.82. The van der Waals surface area contributed by atoms with Crippen LogP contribution < -0.4 is 5.49 Å². The topological polar surface area (TPSA) is 54.7 Å². The van der Waals surface area contributed by atoms with Crippen LogP contribution in [-0.2, 0) is 4.79 Å². The summed E-state index contributed by atoms with van der Waals surface area (Å²) in [5.41, 5.74) is 0.662. The van der Waals surface area contributed by atoms with Gasteiger partial charge in [0.2, 0.25) is 11.8 Å². The molecule has 0 bridgehead atoms. The van der Waals surface area contributed by atoms with Gasteiger partial charge in [-0.05, 0) is 38.8 Å². The molecule has 1 saturated heterocycles. The smallest absolute Gasteiger partial charge is 0.237 e. The summed E-state index contributed by atoms with van der Waals surface area (Å²) in [5, 5.41) is 0. The van der Waals surface area contributed by atoms with Crippen LogP contribution in [0.3, 0.4) is 0 Å². The molecule has 21 heavy (non-hydrogen) atoms. The van der Waals surface area contributed by atoms with E-state index in [1.807, 2.05) is 36.9 Å². The fraction of sp³-hybridized carbons (Fsp3) is 0.562. The zero-order chi connectivity index (χ0) is 15.0. The van der Waals surface area contributed by atoms with E-state index in [9.17, 15) is 9.59 Å². The van der Waals surface area contributed by atoms with Crippen molar-refractivity contribution in [2.45, 2.75) is 45.2 Å². The van der Waals surface area contributed by atoms with Crippen LogP contribution in [0.2, 0.25) is 0 Å². The second-order valence-electron chi connectivity index (χ2n) is 6.17. The molecule has 5 nitrogen and oxygen atoms in total. The van der Waals surface area contributed by atoms with Gasteiger partial charge in [-0.15, -0.1) is 0 Å². The summed E-state index contributed by atoms with van der Waals surface area (Å²) in [5.74, 6) is -0.146. The zero-order valence-electron chi connectivity index (χ0n) is 12.5. The van der Waals surface area contributed by atoms with E-state index >= 15 is 0 Å². The Morgan fingerprint density at radius 2 is 2.10 bits per heavy atom. The highest BCUT2D eigenvalue weighted by atomic mass is 16.2. The average molecular weight is 287 g/mol. The average Bonchev–Trinajstić information content (AvgIpc) is 3.21. The summed E-state index contributed by atoms with van der Waals surface area (Å²) in [6, 6.07) is 6.05. The molecule has 1 amide bonds. The molecule has 0 N–H and O–H groups in total. The van der Waals surface area contributed by atoms with Gasteiger partial charge >= 0.3 is 0 Å². The summed E-state index contributed by atoms with van der Waals surface area (Å²) in [6.07, 6.45) is 4.24. The van der Waals surface area contributed by atoms with Crippen LogP contribution in [0.1, 0.15) is 37.9 Å². The highest BCUT2D eigenvalue weighted by molar-refractivity contribution is 5.90. The summed E-state index contributed by atoms with van der Waals surface area (Å²) < 4.78 is 1.59. The third kappa shape index (κ3) is 2.91. The van der Waals surface area contributed by atoms with Crippen LogP contribution in [0.25, 0.3) is 0 Å². The summed E-state index contributed by atoms with van der Waals surface area (Å²) >= 11 is 0. The van der Waals surface area contributed by atoms with Gasteiger partial charge in [0.05, 0.1) is 5.92 Å². The lowest BCUT2D eigenvalue weighted by Gasteiger charge is -2.15. The minimum absolute atomic E-state index is 0.0218. The van der Waals surface area contributed by atoms with Gasteiger partial charge in [0.25, 0.3) is 0 Å². The van der Waals surface area contributed by atoms with Gasteiger partial charge in [-0.2, -0.15) is 0 Å². The van der Waals surface area contributed by atoms with Gasteiger partial charge in [0, 0.05) is 31.2 Å². The van der Waals surface area contributed by atoms with Crippen LogP contribution in [0.15, 0.2) is 29.4 Å². The molecule has 0 spiro atoms. The van der Waals surface area contributed by atoms with Crippen molar-refractivity contribution in [3.8, 4) is 0 Å². The predicted octanol–water partition coefficient (Wildman–Crippen LogP) is 1.45. The second kappa shape index (κ2) is 5.47. The lowest BCUT2D eigenvalue weighted by molar-refractivity contribution is -0.128. The number of hydrogen-bond acceptors (Lipinski definition) is 3. The van der Waals surface area contributed by atoms with Gasteiger partial charge in [-0.1, -0.05) is 6.07 Å². The Kier molecular flexibility index (Phi) is 3.66. The number of hydrogen-bond donors (Lipinski definition) is 0. The Bertz CT molecular complexity index is 628. The van der Waals surface area contributed by atoms with Crippen molar-refractivity contribution in [2.75, 3.05) is 6.54 Å². The van der Waals surface area contributed by atoms with Gasteiger partial charge in [0.1, 0.15) is 5.49 Å². The molecular formula is C16H21N3O2. The first-order chi connectivity index (χ1) is 10.1. The fourth-order valence-electron chi connectivity index (χ4n) is 2.82. The first kappa shape index (κ1) is 14.0. The highest BCUT2D eigenvalue weighted by Gasteiger charge is 2.42. The highest BCUT2D eigenvalue weighted by Crippen LogP contribution is 2.32. The normalized spacial score (nSPS) is 23.2. The van der Waals surface area contributed by atoms with Crippen LogP contribution in [0.4, 0.5) is 0 Å². The van der Waals surface area contributed by atoms with Crippen molar-refractivity contribution in [3.63, 3.8) is 0 Å². The molecule has 1 atom stereocenters. The SMILES string of the molecule is CC(C)N=c1ccccn1C(=O)[C@@H]1CC(=O)N(C2CC2)C1. The van der Waals surface area contributed by atoms with E-state index in [0.717, 1.165) is 12.8 Å². The monoisotopic (exact) mass is 287 g/mol. The van der Waals surface area contributed by atoms with E-state index in [2.05, 4.69) is 4.99 Å². The Labute approximate surface area is 124 Å². The van der Waals surface area contributed by atoms with Crippen molar-refractivity contribution in [1.82, 2.24) is 9.47 Å². The minimum Gasteiger partial charge on any atom is -0.339 e. The van der Waals surface area contributed by atoms with E-state index in [1.54, 1.807) is 10.8 Å². The number of amides is 1. The molecular weight excluding hydrogens is 266 g/mol. The van der Waals surface area contributed by atoms with Gasteiger partial charge in [-0.3, -0.25) is 19.1 Å². The zero-order valence-corrected chi connectivity index (χ0v) is 12.5. The van der Waals surface area contributed by atoms with Crippen LogP contribution in [-0.4, -0.2) is 39.9 Å². The largest absolute Gasteiger partial charge is 0.339 e. The second-order valence-corrected chi connectivity index (χ2v) is 6.17. The number of carbonyl (C=O) groups excluding carboxylic acids is 2. The van der Waals surface area contributed by atoms with Crippen molar-refractivity contribution in [3.05, 3.63) is 29.9 Å². The van der Waals surface area contributed by atoms with Crippen molar-refractivity contribution >= 4 is 11.8 Å². The molecule has 1 aromatic rings. The van der Waals surface area contributed by atoms with E-state index in [1.165, 1.54) is 0 Å². The minimum atomic E-state index is -0.244. The molecule has 1 aromatic heterocycles. The van der Waals surface area contributed by atoms with Crippen LogP contribution in [0, 0.1) is 5.92 Å². The molecule has 2 heterocycles. The molecule has 0 unspecified atom stereocenters. The van der Waals surface area contributed by atoms with E-state index in [-0.39, 0.29) is 23.8 Å². The molecule has 0 radical (unpaired) electrons. The van der Waals surface area contributed by atoms with E-state index in [0.29, 0.717) is 24.5 Å². The number of carbonyl (C=O) groups is 2. The van der Waals surface area contributed by atoms with Gasteiger partial charge < -0.3 is 4.90 Å². The van der Waals surface area contributed by atoms with Gasteiger partial charge in [-0.25, -0.2) is 0 Å². The van der Waals surface area contributed by atoms with Crippen molar-refractivity contribution in [1.29, 1.82) is 0 Å². The number of nitrogens with zero attached hydrogens (tertiary/aromatic N) is 3. The van der Waals surface area contributed by atoms with Crippen molar-refractivity contribution < 1.29 is 9.59 Å². The van der Waals surface area contributed by atoms with Crippen LogP contribution in [0.5, 0.6) is 0 Å². The first-order valence-corrected chi connectivity index (χ1v) is 7.61. The summed E-state index contributed by atoms with van der Waals surface area (Å²) in [7, 11) is 0. The Morgan fingerprint density at radius 1 is 1.33 bits per heavy atom. The summed E-state index contributed by atoms with van der Waals surface area (Å²) in [4.78, 5) is 31.1. The third-order valence-corrected chi connectivity index (χ3v) is 3.96. The maximum Gasteiger partial charge on any atom is 0.237 e. The third-order valence-electron chi connectivity index (χ3n) is 3.96. The molecule has 5 heteroatoms. The van der Waals surface area contributed by atoms with Crippen LogP contribution >= 0.6 is 0 Å². The molecule has 0 aromatic carbocycles. The molecule has 112 valence electrons. The molecule has 2 fully saturated rings.